The number of alkyl carbamates (subject to hydrolysis) is 1. The van der Waals surface area contributed by atoms with Gasteiger partial charge < -0.3 is 15.4 Å². The molecule has 0 unspecified atom stereocenters. The first-order valence-corrected chi connectivity index (χ1v) is 16.5. The van der Waals surface area contributed by atoms with E-state index in [1.54, 1.807) is 39.3 Å². The Balaban J connectivity index is 1.56. The number of carbonyl (C=O) groups is 1. The molecule has 258 valence electrons. The van der Waals surface area contributed by atoms with Crippen molar-refractivity contribution in [3.8, 4) is 11.3 Å². The van der Waals surface area contributed by atoms with E-state index in [9.17, 15) is 31.2 Å². The van der Waals surface area contributed by atoms with Crippen molar-refractivity contribution in [1.82, 2.24) is 24.8 Å². The molecular formula is C29H36F5N7O5S. The Bertz CT molecular complexity index is 1780. The second-order valence-corrected chi connectivity index (χ2v) is 14.4. The van der Waals surface area contributed by atoms with Crippen LogP contribution in [0, 0.1) is 11.6 Å². The lowest BCUT2D eigenvalue weighted by Crippen LogP contribution is -2.42. The number of rotatable bonds is 9. The lowest BCUT2D eigenvalue weighted by Gasteiger charge is -2.30. The molecule has 18 heteroatoms. The van der Waals surface area contributed by atoms with Crippen LogP contribution in [0.3, 0.4) is 0 Å². The Morgan fingerprint density at radius 1 is 1.04 bits per heavy atom. The van der Waals surface area contributed by atoms with Crippen LogP contribution in [-0.2, 0) is 14.8 Å². The van der Waals surface area contributed by atoms with E-state index in [-0.39, 0.29) is 29.2 Å². The Morgan fingerprint density at radius 2 is 1.64 bits per heavy atom. The number of halogens is 5. The molecule has 2 aromatic heterocycles. The van der Waals surface area contributed by atoms with Crippen LogP contribution in [0.2, 0.25) is 0 Å². The summed E-state index contributed by atoms with van der Waals surface area (Å²) >= 11 is 0. The van der Waals surface area contributed by atoms with Crippen molar-refractivity contribution in [3.63, 3.8) is 0 Å². The molecule has 0 radical (unpaired) electrons. The third-order valence-electron chi connectivity index (χ3n) is 7.14. The molecule has 0 atom stereocenters. The molecular weight excluding hydrogens is 653 g/mol. The maximum absolute atomic E-state index is 15.2. The Hall–Kier alpha value is -4.09. The molecule has 1 saturated carbocycles. The number of nitrogens with zero attached hydrogens (tertiary/aromatic N) is 4. The maximum atomic E-state index is 15.2. The van der Waals surface area contributed by atoms with Gasteiger partial charge in [-0.1, -0.05) is 0 Å². The number of amides is 1. The number of aromatic nitrogens is 4. The molecule has 12 nitrogen and oxygen atoms in total. The molecule has 1 aliphatic carbocycles. The summed E-state index contributed by atoms with van der Waals surface area (Å²) in [6, 6.07) is 0.461. The highest BCUT2D eigenvalue weighted by atomic mass is 32.2. The van der Waals surface area contributed by atoms with Crippen LogP contribution in [-0.4, -0.2) is 63.6 Å². The largest absolute Gasteiger partial charge is 0.444 e. The van der Waals surface area contributed by atoms with Crippen LogP contribution < -0.4 is 20.9 Å². The second kappa shape index (κ2) is 13.6. The number of benzene rings is 1. The van der Waals surface area contributed by atoms with E-state index in [1.807, 2.05) is 0 Å². The summed E-state index contributed by atoms with van der Waals surface area (Å²) < 4.78 is 100. The average molecular weight is 690 g/mol. The van der Waals surface area contributed by atoms with Gasteiger partial charge in [-0.05, 0) is 72.4 Å². The third kappa shape index (κ3) is 9.48. The first-order chi connectivity index (χ1) is 21.7. The van der Waals surface area contributed by atoms with Crippen molar-refractivity contribution < 1.29 is 39.9 Å². The number of hydrogen-bond donors (Lipinski definition) is 3. The van der Waals surface area contributed by atoms with Gasteiger partial charge in [0.25, 0.3) is 5.56 Å². The van der Waals surface area contributed by atoms with E-state index in [2.05, 4.69) is 25.6 Å². The van der Waals surface area contributed by atoms with Crippen LogP contribution in [0.25, 0.3) is 22.4 Å². The molecule has 1 aromatic carbocycles. The highest BCUT2D eigenvalue weighted by molar-refractivity contribution is 7.92. The predicted octanol–water partition coefficient (Wildman–Crippen LogP) is 5.65. The normalized spacial score (nSPS) is 17.5. The number of anilines is 2. The zero-order valence-electron chi connectivity index (χ0n) is 26.3. The van der Waals surface area contributed by atoms with E-state index in [4.69, 9.17) is 4.74 Å². The van der Waals surface area contributed by atoms with Crippen molar-refractivity contribution in [3.05, 3.63) is 40.3 Å². The summed E-state index contributed by atoms with van der Waals surface area (Å²) in [6.45, 7) is 8.66. The number of hydrogen-bond acceptors (Lipinski definition) is 9. The van der Waals surface area contributed by atoms with Crippen molar-refractivity contribution >= 4 is 38.9 Å². The Labute approximate surface area is 267 Å². The van der Waals surface area contributed by atoms with Crippen LogP contribution in [0.1, 0.15) is 72.8 Å². The summed E-state index contributed by atoms with van der Waals surface area (Å²) in [6.07, 6.45) is -2.88. The fraction of sp³-hybridized carbons (Fsp3) is 0.552. The molecule has 0 saturated heterocycles. The van der Waals surface area contributed by atoms with Gasteiger partial charge in [0, 0.05) is 18.1 Å². The lowest BCUT2D eigenvalue weighted by atomic mass is 9.91. The van der Waals surface area contributed by atoms with Crippen LogP contribution >= 0.6 is 0 Å². The zero-order valence-corrected chi connectivity index (χ0v) is 27.2. The molecule has 0 bridgehead atoms. The smallest absolute Gasteiger partial charge is 0.407 e. The summed E-state index contributed by atoms with van der Waals surface area (Å²) in [4.78, 5) is 38.5. The van der Waals surface area contributed by atoms with E-state index in [1.165, 1.54) is 10.8 Å². The fourth-order valence-electron chi connectivity index (χ4n) is 5.09. The lowest BCUT2D eigenvalue weighted by molar-refractivity contribution is -0.129. The first kappa shape index (κ1) is 35.8. The maximum Gasteiger partial charge on any atom is 0.407 e. The van der Waals surface area contributed by atoms with Crippen LogP contribution in [0.5, 0.6) is 0 Å². The van der Waals surface area contributed by atoms with Crippen LogP contribution in [0.4, 0.5) is 38.4 Å². The third-order valence-corrected chi connectivity index (χ3v) is 8.42. The predicted molar refractivity (Wildman–Crippen MR) is 164 cm³/mol. The number of ether oxygens (including phenoxy) is 1. The first-order valence-electron chi connectivity index (χ1n) is 14.8. The highest BCUT2D eigenvalue weighted by Gasteiger charge is 2.31. The average Bonchev–Trinajstić information content (AvgIpc) is 2.91. The number of nitrogens with one attached hydrogen (secondary N) is 3. The molecule has 47 heavy (non-hydrogen) atoms. The minimum absolute atomic E-state index is 0.0387. The van der Waals surface area contributed by atoms with Gasteiger partial charge in [-0.15, -0.1) is 0 Å². The van der Waals surface area contributed by atoms with E-state index in [0.29, 0.717) is 37.8 Å². The molecule has 4 rings (SSSR count). The van der Waals surface area contributed by atoms with Crippen molar-refractivity contribution in [2.75, 3.05) is 15.8 Å². The molecule has 2 heterocycles. The van der Waals surface area contributed by atoms with Gasteiger partial charge in [-0.25, -0.2) is 32.0 Å². The number of alkyl halides is 3. The Kier molecular flexibility index (Phi) is 10.3. The van der Waals surface area contributed by atoms with Gasteiger partial charge >= 0.3 is 12.3 Å². The highest BCUT2D eigenvalue weighted by Crippen LogP contribution is 2.29. The SMILES string of the molecule is CC(C)n1c(=O)c(-c2c(F)cc(NS(=O)(=O)CCC(F)(F)F)cc2F)nc2cnc(NC3CCC(NC(=O)OC(C)(C)C)CC3)nc21. The van der Waals surface area contributed by atoms with Gasteiger partial charge in [0.05, 0.1) is 29.6 Å². The number of carbonyl (C=O) groups excluding carboxylic acids is 1. The molecule has 1 aliphatic rings. The molecule has 0 spiro atoms. The standard InChI is InChI=1S/C29H36F5N7O5S/c1-15(2)41-24-21(14-35-26(39-24)36-16-6-8-17(9-7-16)37-27(43)46-28(3,4)5)38-23(25(41)42)22-19(30)12-18(13-20(22)31)40-47(44,45)11-10-29(32,33)34/h12-17,40H,6-11H2,1-5H3,(H,37,43)(H,35,36,39). The molecule has 1 fully saturated rings. The van der Waals surface area contributed by atoms with E-state index < -0.39 is 80.2 Å². The zero-order chi connectivity index (χ0) is 34.9. The van der Waals surface area contributed by atoms with Gasteiger partial charge in [-0.2, -0.15) is 18.2 Å². The molecule has 3 aromatic rings. The summed E-state index contributed by atoms with van der Waals surface area (Å²) in [5, 5.41) is 6.10. The second-order valence-electron chi connectivity index (χ2n) is 12.6. The van der Waals surface area contributed by atoms with Crippen LogP contribution in [0.15, 0.2) is 23.1 Å². The van der Waals surface area contributed by atoms with E-state index in [0.717, 1.165) is 0 Å². The van der Waals surface area contributed by atoms with Gasteiger partial charge in [-0.3, -0.25) is 14.1 Å². The minimum atomic E-state index is -4.75. The number of fused-ring (bicyclic) bond motifs is 1. The summed E-state index contributed by atoms with van der Waals surface area (Å²) in [7, 11) is -4.59. The monoisotopic (exact) mass is 689 g/mol. The van der Waals surface area contributed by atoms with Crippen molar-refractivity contribution in [2.45, 2.75) is 96.6 Å². The minimum Gasteiger partial charge on any atom is -0.444 e. The van der Waals surface area contributed by atoms with E-state index >= 15 is 8.78 Å². The number of sulfonamides is 1. The van der Waals surface area contributed by atoms with Crippen molar-refractivity contribution in [1.29, 1.82) is 0 Å². The summed E-state index contributed by atoms with van der Waals surface area (Å²) in [5.41, 5.74) is -3.51. The molecule has 1 amide bonds. The topological polar surface area (TPSA) is 157 Å². The summed E-state index contributed by atoms with van der Waals surface area (Å²) in [5.74, 6) is -3.89. The Morgan fingerprint density at radius 3 is 2.19 bits per heavy atom. The molecule has 0 aliphatic heterocycles. The van der Waals surface area contributed by atoms with Gasteiger partial charge in [0.1, 0.15) is 28.4 Å². The quantitative estimate of drug-likeness (QED) is 0.242. The van der Waals surface area contributed by atoms with Crippen molar-refractivity contribution in [2.24, 2.45) is 0 Å². The van der Waals surface area contributed by atoms with Gasteiger partial charge in [0.15, 0.2) is 5.65 Å². The fourth-order valence-corrected chi connectivity index (χ4v) is 6.17. The van der Waals surface area contributed by atoms with Gasteiger partial charge in [0.2, 0.25) is 16.0 Å². The molecule has 3 N–H and O–H groups in total.